The summed E-state index contributed by atoms with van der Waals surface area (Å²) in [6, 6.07) is 12.0. The number of carbonyl (C=O) groups is 2. The molecule has 0 saturated heterocycles. The lowest BCUT2D eigenvalue weighted by Crippen LogP contribution is -2.21. The van der Waals surface area contributed by atoms with Crippen molar-refractivity contribution < 1.29 is 14.0 Å². The lowest BCUT2D eigenvalue weighted by Gasteiger charge is -2.06. The highest BCUT2D eigenvalue weighted by Crippen LogP contribution is 2.11. The first-order chi connectivity index (χ1) is 10.2. The van der Waals surface area contributed by atoms with Gasteiger partial charge in [-0.3, -0.25) is 9.59 Å². The Balaban J connectivity index is 1.89. The molecule has 0 fully saturated rings. The second kappa shape index (κ2) is 6.91. The van der Waals surface area contributed by atoms with Gasteiger partial charge < -0.3 is 15.1 Å². The van der Waals surface area contributed by atoms with Gasteiger partial charge in [0.05, 0.1) is 12.3 Å². The van der Waals surface area contributed by atoms with Gasteiger partial charge >= 0.3 is 0 Å². The Morgan fingerprint density at radius 2 is 1.95 bits per heavy atom. The highest BCUT2D eigenvalue weighted by atomic mass is 16.3. The standard InChI is InChI=1S/C15H13N3O3/c16-8-7-14(19)17-10-11-3-5-12(6-4-11)18-15(20)13-2-1-9-21-13/h1-6,9H,7,10H2,(H,17,19)(H,18,20). The number of nitriles is 1. The van der Waals surface area contributed by atoms with E-state index in [1.54, 1.807) is 42.5 Å². The molecule has 2 amide bonds. The van der Waals surface area contributed by atoms with E-state index < -0.39 is 0 Å². The van der Waals surface area contributed by atoms with Gasteiger partial charge in [0.15, 0.2) is 5.76 Å². The fourth-order valence-corrected chi connectivity index (χ4v) is 1.64. The van der Waals surface area contributed by atoms with Crippen LogP contribution < -0.4 is 10.6 Å². The summed E-state index contributed by atoms with van der Waals surface area (Å²) in [5.74, 6) is -0.398. The maximum Gasteiger partial charge on any atom is 0.291 e. The molecular weight excluding hydrogens is 270 g/mol. The highest BCUT2D eigenvalue weighted by molar-refractivity contribution is 6.02. The Bertz CT molecular complexity index is 654. The fraction of sp³-hybridized carbons (Fsp3) is 0.133. The Labute approximate surface area is 121 Å². The molecule has 0 spiro atoms. The average Bonchev–Trinajstić information content (AvgIpc) is 3.01. The van der Waals surface area contributed by atoms with Crippen LogP contribution in [-0.2, 0) is 11.3 Å². The first kappa shape index (κ1) is 14.3. The number of benzene rings is 1. The fourth-order valence-electron chi connectivity index (χ4n) is 1.64. The number of nitrogens with one attached hydrogen (secondary N) is 2. The van der Waals surface area contributed by atoms with E-state index in [1.807, 2.05) is 0 Å². The molecule has 0 saturated carbocycles. The summed E-state index contributed by atoms with van der Waals surface area (Å²) >= 11 is 0. The number of furan rings is 1. The summed E-state index contributed by atoms with van der Waals surface area (Å²) in [5.41, 5.74) is 1.50. The number of rotatable bonds is 5. The highest BCUT2D eigenvalue weighted by Gasteiger charge is 2.08. The number of hydrogen-bond acceptors (Lipinski definition) is 4. The third kappa shape index (κ3) is 4.21. The smallest absolute Gasteiger partial charge is 0.291 e. The first-order valence-corrected chi connectivity index (χ1v) is 6.26. The van der Waals surface area contributed by atoms with Gasteiger partial charge in [0.2, 0.25) is 5.91 Å². The van der Waals surface area contributed by atoms with Gasteiger partial charge in [0.1, 0.15) is 6.42 Å². The molecule has 0 aliphatic rings. The predicted molar refractivity (Wildman–Crippen MR) is 75.2 cm³/mol. The summed E-state index contributed by atoms with van der Waals surface area (Å²) in [7, 11) is 0. The van der Waals surface area contributed by atoms with Crippen molar-refractivity contribution in [1.29, 1.82) is 5.26 Å². The van der Waals surface area contributed by atoms with Gasteiger partial charge in [-0.2, -0.15) is 5.26 Å². The minimum absolute atomic E-state index is 0.155. The zero-order chi connectivity index (χ0) is 15.1. The number of carbonyl (C=O) groups excluding carboxylic acids is 2. The Hall–Kier alpha value is -3.07. The molecule has 0 bridgehead atoms. The summed E-state index contributed by atoms with van der Waals surface area (Å²) in [5, 5.41) is 13.7. The normalized spacial score (nSPS) is 9.67. The third-order valence-corrected chi connectivity index (χ3v) is 2.69. The molecule has 6 nitrogen and oxygen atoms in total. The second-order valence-electron chi connectivity index (χ2n) is 4.24. The third-order valence-electron chi connectivity index (χ3n) is 2.69. The molecular formula is C15H13N3O3. The summed E-state index contributed by atoms with van der Waals surface area (Å²) in [6.07, 6.45) is 1.28. The van der Waals surface area contributed by atoms with Crippen molar-refractivity contribution in [2.75, 3.05) is 5.32 Å². The van der Waals surface area contributed by atoms with Crippen LogP contribution in [0, 0.1) is 11.3 Å². The summed E-state index contributed by atoms with van der Waals surface area (Å²) in [4.78, 5) is 22.9. The number of hydrogen-bond donors (Lipinski definition) is 2. The van der Waals surface area contributed by atoms with Crippen molar-refractivity contribution >= 4 is 17.5 Å². The molecule has 6 heteroatoms. The van der Waals surface area contributed by atoms with Crippen LogP contribution in [0.4, 0.5) is 5.69 Å². The molecule has 106 valence electrons. The van der Waals surface area contributed by atoms with Crippen LogP contribution >= 0.6 is 0 Å². The van der Waals surface area contributed by atoms with Crippen LogP contribution in [0.25, 0.3) is 0 Å². The van der Waals surface area contributed by atoms with E-state index in [-0.39, 0.29) is 24.0 Å². The van der Waals surface area contributed by atoms with Gasteiger partial charge in [-0.05, 0) is 29.8 Å². The van der Waals surface area contributed by atoms with E-state index in [0.29, 0.717) is 12.2 Å². The zero-order valence-corrected chi connectivity index (χ0v) is 11.1. The van der Waals surface area contributed by atoms with E-state index in [2.05, 4.69) is 10.6 Å². The molecule has 1 heterocycles. The SMILES string of the molecule is N#CCC(=O)NCc1ccc(NC(=O)c2ccco2)cc1. The minimum Gasteiger partial charge on any atom is -0.459 e. The van der Waals surface area contributed by atoms with Crippen molar-refractivity contribution in [3.63, 3.8) is 0 Å². The molecule has 1 aromatic carbocycles. The van der Waals surface area contributed by atoms with Gasteiger partial charge in [0, 0.05) is 12.2 Å². The minimum atomic E-state index is -0.324. The van der Waals surface area contributed by atoms with E-state index >= 15 is 0 Å². The average molecular weight is 283 g/mol. The van der Waals surface area contributed by atoms with Crippen LogP contribution in [0.3, 0.4) is 0 Å². The van der Waals surface area contributed by atoms with Crippen LogP contribution in [0.2, 0.25) is 0 Å². The quantitative estimate of drug-likeness (QED) is 0.878. The summed E-state index contributed by atoms with van der Waals surface area (Å²) in [6.45, 7) is 0.340. The predicted octanol–water partition coefficient (Wildman–Crippen LogP) is 2.06. The topological polar surface area (TPSA) is 95.1 Å². The van der Waals surface area contributed by atoms with Crippen molar-refractivity contribution in [2.24, 2.45) is 0 Å². The molecule has 0 aliphatic carbocycles. The van der Waals surface area contributed by atoms with E-state index in [4.69, 9.17) is 9.68 Å². The van der Waals surface area contributed by atoms with Crippen LogP contribution in [0.15, 0.2) is 47.1 Å². The van der Waals surface area contributed by atoms with Crippen LogP contribution in [0.5, 0.6) is 0 Å². The van der Waals surface area contributed by atoms with Crippen molar-refractivity contribution in [1.82, 2.24) is 5.32 Å². The monoisotopic (exact) mass is 283 g/mol. The molecule has 0 radical (unpaired) electrons. The van der Waals surface area contributed by atoms with Crippen LogP contribution in [0.1, 0.15) is 22.5 Å². The maximum absolute atomic E-state index is 11.8. The molecule has 0 unspecified atom stereocenters. The van der Waals surface area contributed by atoms with Crippen molar-refractivity contribution in [3.05, 3.63) is 54.0 Å². The molecule has 0 aliphatic heterocycles. The maximum atomic E-state index is 11.8. The van der Waals surface area contributed by atoms with Crippen molar-refractivity contribution in [2.45, 2.75) is 13.0 Å². The van der Waals surface area contributed by atoms with E-state index in [0.717, 1.165) is 5.56 Å². The van der Waals surface area contributed by atoms with Gasteiger partial charge in [-0.1, -0.05) is 12.1 Å². The Kier molecular flexibility index (Phi) is 4.72. The van der Waals surface area contributed by atoms with Gasteiger partial charge in [0.25, 0.3) is 5.91 Å². The number of anilines is 1. The van der Waals surface area contributed by atoms with Crippen molar-refractivity contribution in [3.8, 4) is 6.07 Å². The molecule has 1 aromatic heterocycles. The largest absolute Gasteiger partial charge is 0.459 e. The van der Waals surface area contributed by atoms with E-state index in [1.165, 1.54) is 6.26 Å². The molecule has 2 N–H and O–H groups in total. The number of amides is 2. The molecule has 21 heavy (non-hydrogen) atoms. The Morgan fingerprint density at radius 1 is 1.19 bits per heavy atom. The number of nitrogens with zero attached hydrogens (tertiary/aromatic N) is 1. The van der Waals surface area contributed by atoms with Crippen LogP contribution in [-0.4, -0.2) is 11.8 Å². The molecule has 2 aromatic rings. The lowest BCUT2D eigenvalue weighted by molar-refractivity contribution is -0.120. The first-order valence-electron chi connectivity index (χ1n) is 6.26. The zero-order valence-electron chi connectivity index (χ0n) is 11.1. The molecule has 2 rings (SSSR count). The van der Waals surface area contributed by atoms with E-state index in [9.17, 15) is 9.59 Å². The Morgan fingerprint density at radius 3 is 2.57 bits per heavy atom. The second-order valence-corrected chi connectivity index (χ2v) is 4.24. The molecule has 0 atom stereocenters. The lowest BCUT2D eigenvalue weighted by atomic mass is 10.2. The van der Waals surface area contributed by atoms with Gasteiger partial charge in [-0.15, -0.1) is 0 Å². The summed E-state index contributed by atoms with van der Waals surface area (Å²) < 4.78 is 4.99. The van der Waals surface area contributed by atoms with Gasteiger partial charge in [-0.25, -0.2) is 0 Å².